The summed E-state index contributed by atoms with van der Waals surface area (Å²) in [4.78, 5) is 6.47. The van der Waals surface area contributed by atoms with E-state index in [9.17, 15) is 0 Å². The molecule has 1 fully saturated rings. The fourth-order valence-electron chi connectivity index (χ4n) is 2.15. The summed E-state index contributed by atoms with van der Waals surface area (Å²) in [6.45, 7) is 2.22. The molecule has 2 N–H and O–H groups in total. The summed E-state index contributed by atoms with van der Waals surface area (Å²) in [5.74, 6) is 0. The van der Waals surface area contributed by atoms with E-state index in [1.807, 2.05) is 12.3 Å². The molecule has 0 bridgehead atoms. The third-order valence-electron chi connectivity index (χ3n) is 3.26. The maximum absolute atomic E-state index is 6.40. The molecular formula is C12H19N3. The smallest absolute Gasteiger partial charge is 0.0300 e. The van der Waals surface area contributed by atoms with Crippen LogP contribution in [0.15, 0.2) is 24.5 Å². The second-order valence-corrected chi connectivity index (χ2v) is 4.70. The molecule has 0 amide bonds. The first kappa shape index (κ1) is 10.6. The van der Waals surface area contributed by atoms with Gasteiger partial charge in [0.15, 0.2) is 0 Å². The van der Waals surface area contributed by atoms with Crippen molar-refractivity contribution >= 4 is 0 Å². The molecule has 0 unspecified atom stereocenters. The zero-order chi connectivity index (χ0) is 10.7. The molecule has 1 aromatic heterocycles. The number of likely N-dealkylation sites (tertiary alicyclic amines) is 1. The van der Waals surface area contributed by atoms with Crippen molar-refractivity contribution in [2.24, 2.45) is 5.73 Å². The lowest BCUT2D eigenvalue weighted by atomic mass is 9.83. The molecule has 1 aliphatic rings. The van der Waals surface area contributed by atoms with Gasteiger partial charge in [-0.1, -0.05) is 6.07 Å². The Morgan fingerprint density at radius 2 is 2.20 bits per heavy atom. The number of rotatable bonds is 2. The number of nitrogens with two attached hydrogens (primary N) is 1. The fraction of sp³-hybridized carbons (Fsp3) is 0.583. The van der Waals surface area contributed by atoms with Gasteiger partial charge in [-0.3, -0.25) is 4.98 Å². The van der Waals surface area contributed by atoms with Crippen LogP contribution in [0.4, 0.5) is 0 Å². The summed E-state index contributed by atoms with van der Waals surface area (Å²) in [6.07, 6.45) is 6.85. The van der Waals surface area contributed by atoms with Crippen LogP contribution in [-0.4, -0.2) is 35.6 Å². The van der Waals surface area contributed by atoms with Crippen molar-refractivity contribution in [1.29, 1.82) is 0 Å². The standard InChI is InChI=1S/C12H19N3/c1-15-7-4-12(13,5-8-15)9-11-3-2-6-14-10-11/h2-3,6,10H,4-5,7-9,13H2,1H3. The van der Waals surface area contributed by atoms with E-state index in [1.165, 1.54) is 5.56 Å². The van der Waals surface area contributed by atoms with Gasteiger partial charge in [-0.25, -0.2) is 0 Å². The van der Waals surface area contributed by atoms with Crippen molar-refractivity contribution in [2.45, 2.75) is 24.8 Å². The second kappa shape index (κ2) is 4.29. The Balaban J connectivity index is 1.99. The van der Waals surface area contributed by atoms with E-state index in [0.29, 0.717) is 0 Å². The van der Waals surface area contributed by atoms with Crippen molar-refractivity contribution < 1.29 is 0 Å². The number of pyridine rings is 1. The zero-order valence-corrected chi connectivity index (χ0v) is 9.32. The molecule has 3 nitrogen and oxygen atoms in total. The normalized spacial score (nSPS) is 21.5. The Morgan fingerprint density at radius 1 is 1.47 bits per heavy atom. The predicted octanol–water partition coefficient (Wildman–Crippen LogP) is 1.05. The molecule has 15 heavy (non-hydrogen) atoms. The van der Waals surface area contributed by atoms with Gasteiger partial charge in [-0.15, -0.1) is 0 Å². The van der Waals surface area contributed by atoms with Crippen LogP contribution in [0.2, 0.25) is 0 Å². The van der Waals surface area contributed by atoms with E-state index < -0.39 is 0 Å². The summed E-state index contributed by atoms with van der Waals surface area (Å²) >= 11 is 0. The molecule has 0 aromatic carbocycles. The van der Waals surface area contributed by atoms with Crippen LogP contribution >= 0.6 is 0 Å². The Morgan fingerprint density at radius 3 is 2.80 bits per heavy atom. The lowest BCUT2D eigenvalue weighted by molar-refractivity contribution is 0.190. The van der Waals surface area contributed by atoms with Crippen molar-refractivity contribution in [3.05, 3.63) is 30.1 Å². The summed E-state index contributed by atoms with van der Waals surface area (Å²) in [5.41, 5.74) is 7.63. The highest BCUT2D eigenvalue weighted by atomic mass is 15.1. The zero-order valence-electron chi connectivity index (χ0n) is 9.32. The van der Waals surface area contributed by atoms with Crippen molar-refractivity contribution in [1.82, 2.24) is 9.88 Å². The van der Waals surface area contributed by atoms with Crippen molar-refractivity contribution in [2.75, 3.05) is 20.1 Å². The third-order valence-corrected chi connectivity index (χ3v) is 3.26. The van der Waals surface area contributed by atoms with Gasteiger partial charge in [0.2, 0.25) is 0 Å². The van der Waals surface area contributed by atoms with E-state index in [1.54, 1.807) is 6.20 Å². The average molecular weight is 205 g/mol. The first-order valence-corrected chi connectivity index (χ1v) is 5.54. The topological polar surface area (TPSA) is 42.1 Å². The van der Waals surface area contributed by atoms with Crippen LogP contribution in [0.5, 0.6) is 0 Å². The van der Waals surface area contributed by atoms with Gasteiger partial charge >= 0.3 is 0 Å². The van der Waals surface area contributed by atoms with Crippen LogP contribution in [0, 0.1) is 0 Å². The second-order valence-electron chi connectivity index (χ2n) is 4.70. The molecule has 82 valence electrons. The van der Waals surface area contributed by atoms with Gasteiger partial charge in [0.1, 0.15) is 0 Å². The highest BCUT2D eigenvalue weighted by Crippen LogP contribution is 2.22. The van der Waals surface area contributed by atoms with Crippen LogP contribution in [0.1, 0.15) is 18.4 Å². The lowest BCUT2D eigenvalue weighted by Crippen LogP contribution is -2.50. The largest absolute Gasteiger partial charge is 0.325 e. The first-order chi connectivity index (χ1) is 7.18. The molecular weight excluding hydrogens is 186 g/mol. The SMILES string of the molecule is CN1CCC(N)(Cc2cccnc2)CC1. The summed E-state index contributed by atoms with van der Waals surface area (Å²) in [5, 5.41) is 0. The van der Waals surface area contributed by atoms with Crippen LogP contribution < -0.4 is 5.73 Å². The van der Waals surface area contributed by atoms with E-state index in [-0.39, 0.29) is 5.54 Å². The Labute approximate surface area is 91.3 Å². The van der Waals surface area contributed by atoms with Gasteiger partial charge in [0.25, 0.3) is 0 Å². The molecule has 0 saturated carbocycles. The molecule has 1 aromatic rings. The van der Waals surface area contributed by atoms with Gasteiger partial charge in [-0.05, 0) is 51.0 Å². The first-order valence-electron chi connectivity index (χ1n) is 5.54. The highest BCUT2D eigenvalue weighted by Gasteiger charge is 2.29. The monoisotopic (exact) mass is 205 g/mol. The van der Waals surface area contributed by atoms with Crippen molar-refractivity contribution in [3.8, 4) is 0 Å². The van der Waals surface area contributed by atoms with E-state index in [0.717, 1.165) is 32.4 Å². The molecule has 1 aliphatic heterocycles. The Hall–Kier alpha value is -0.930. The third kappa shape index (κ3) is 2.76. The Bertz CT molecular complexity index is 302. The molecule has 1 saturated heterocycles. The minimum atomic E-state index is -0.0183. The molecule has 0 spiro atoms. The molecule has 2 heterocycles. The Kier molecular flexibility index (Phi) is 3.03. The number of hydrogen-bond donors (Lipinski definition) is 1. The quantitative estimate of drug-likeness (QED) is 0.784. The summed E-state index contributed by atoms with van der Waals surface area (Å²) in [6, 6.07) is 4.09. The van der Waals surface area contributed by atoms with Gasteiger partial charge in [0, 0.05) is 17.9 Å². The minimum absolute atomic E-state index is 0.0183. The van der Waals surface area contributed by atoms with E-state index in [2.05, 4.69) is 23.0 Å². The lowest BCUT2D eigenvalue weighted by Gasteiger charge is -2.37. The van der Waals surface area contributed by atoms with Crippen LogP contribution in [-0.2, 0) is 6.42 Å². The number of piperidine rings is 1. The van der Waals surface area contributed by atoms with E-state index in [4.69, 9.17) is 5.73 Å². The predicted molar refractivity (Wildman–Crippen MR) is 61.6 cm³/mol. The van der Waals surface area contributed by atoms with Gasteiger partial charge < -0.3 is 10.6 Å². The van der Waals surface area contributed by atoms with Gasteiger partial charge in [-0.2, -0.15) is 0 Å². The molecule has 0 atom stereocenters. The van der Waals surface area contributed by atoms with Crippen LogP contribution in [0.25, 0.3) is 0 Å². The summed E-state index contributed by atoms with van der Waals surface area (Å²) < 4.78 is 0. The van der Waals surface area contributed by atoms with E-state index >= 15 is 0 Å². The number of nitrogens with zero attached hydrogens (tertiary/aromatic N) is 2. The van der Waals surface area contributed by atoms with Crippen LogP contribution in [0.3, 0.4) is 0 Å². The average Bonchev–Trinajstić information content (AvgIpc) is 2.24. The number of hydrogen-bond acceptors (Lipinski definition) is 3. The summed E-state index contributed by atoms with van der Waals surface area (Å²) in [7, 11) is 2.16. The maximum atomic E-state index is 6.40. The minimum Gasteiger partial charge on any atom is -0.325 e. The number of aromatic nitrogens is 1. The molecule has 3 heteroatoms. The van der Waals surface area contributed by atoms with Crippen molar-refractivity contribution in [3.63, 3.8) is 0 Å². The molecule has 0 aliphatic carbocycles. The van der Waals surface area contributed by atoms with Gasteiger partial charge in [0.05, 0.1) is 0 Å². The molecule has 0 radical (unpaired) electrons. The maximum Gasteiger partial charge on any atom is 0.0300 e. The fourth-order valence-corrected chi connectivity index (χ4v) is 2.15. The molecule has 2 rings (SSSR count). The highest BCUT2D eigenvalue weighted by molar-refractivity contribution is 5.13.